The highest BCUT2D eigenvalue weighted by atomic mass is 79.9. The van der Waals surface area contributed by atoms with Crippen LogP contribution in [0.1, 0.15) is 18.4 Å². The van der Waals surface area contributed by atoms with Crippen molar-refractivity contribution in [1.82, 2.24) is 4.90 Å². The van der Waals surface area contributed by atoms with E-state index in [1.807, 2.05) is 6.07 Å². The zero-order valence-corrected chi connectivity index (χ0v) is 13.5. The van der Waals surface area contributed by atoms with Crippen molar-refractivity contribution in [3.8, 4) is 0 Å². The van der Waals surface area contributed by atoms with Crippen LogP contribution in [-0.4, -0.2) is 43.0 Å². The summed E-state index contributed by atoms with van der Waals surface area (Å²) in [5, 5.41) is 11.5. The van der Waals surface area contributed by atoms with Crippen LogP contribution in [0.2, 0.25) is 0 Å². The monoisotopic (exact) mass is 341 g/mol. The van der Waals surface area contributed by atoms with Gasteiger partial charge in [0.05, 0.1) is 4.92 Å². The summed E-state index contributed by atoms with van der Waals surface area (Å²) in [6.07, 6.45) is 2.36. The van der Waals surface area contributed by atoms with E-state index in [2.05, 4.69) is 39.8 Å². The molecule has 0 spiro atoms. The average Bonchev–Trinajstić information content (AvgIpc) is 2.84. The lowest BCUT2D eigenvalue weighted by Crippen LogP contribution is -2.38. The normalized spacial score (nSPS) is 18.8. The van der Waals surface area contributed by atoms with Gasteiger partial charge in [0.15, 0.2) is 0 Å². The molecule has 0 aromatic heterocycles. The van der Waals surface area contributed by atoms with Gasteiger partial charge in [-0.2, -0.15) is 0 Å². The molecule has 1 saturated heterocycles. The Morgan fingerprint density at radius 1 is 1.50 bits per heavy atom. The number of anilines is 1. The van der Waals surface area contributed by atoms with Gasteiger partial charge in [-0.15, -0.1) is 0 Å². The number of hydrogen-bond donors (Lipinski definition) is 0. The molecule has 0 saturated carbocycles. The number of nitrogens with zero attached hydrogens (tertiary/aromatic N) is 3. The number of rotatable bonds is 5. The van der Waals surface area contributed by atoms with Crippen LogP contribution in [0.5, 0.6) is 0 Å². The fourth-order valence-electron chi connectivity index (χ4n) is 2.84. The van der Waals surface area contributed by atoms with Crippen molar-refractivity contribution in [2.24, 2.45) is 0 Å². The molecule has 1 atom stereocenters. The topological polar surface area (TPSA) is 49.6 Å². The summed E-state index contributed by atoms with van der Waals surface area (Å²) in [4.78, 5) is 15.1. The van der Waals surface area contributed by atoms with E-state index in [9.17, 15) is 10.1 Å². The lowest BCUT2D eigenvalue weighted by molar-refractivity contribution is -0.384. The Hall–Kier alpha value is -1.14. The van der Waals surface area contributed by atoms with Gasteiger partial charge in [0.25, 0.3) is 5.69 Å². The zero-order chi connectivity index (χ0) is 14.7. The number of halogens is 1. The third kappa shape index (κ3) is 3.30. The molecule has 0 radical (unpaired) electrons. The first kappa shape index (κ1) is 15.3. The Balaban J connectivity index is 2.29. The molecule has 1 unspecified atom stereocenters. The molecule has 1 aliphatic rings. The van der Waals surface area contributed by atoms with Gasteiger partial charge in [-0.3, -0.25) is 10.1 Å². The fraction of sp³-hybridized carbons (Fsp3) is 0.571. The number of alkyl halides is 1. The Morgan fingerprint density at radius 3 is 2.85 bits per heavy atom. The molecule has 110 valence electrons. The fourth-order valence-corrected chi connectivity index (χ4v) is 3.29. The molecule has 1 aromatic rings. The molecular weight excluding hydrogens is 322 g/mol. The third-order valence-corrected chi connectivity index (χ3v) is 4.28. The average molecular weight is 342 g/mol. The molecule has 1 aliphatic heterocycles. The molecule has 1 aromatic carbocycles. The number of benzene rings is 1. The predicted molar refractivity (Wildman–Crippen MR) is 84.6 cm³/mol. The van der Waals surface area contributed by atoms with Gasteiger partial charge >= 0.3 is 0 Å². The van der Waals surface area contributed by atoms with Crippen molar-refractivity contribution >= 4 is 27.3 Å². The number of likely N-dealkylation sites (N-methyl/N-ethyl adjacent to an activating group) is 1. The first-order valence-electron chi connectivity index (χ1n) is 6.77. The second kappa shape index (κ2) is 6.54. The van der Waals surface area contributed by atoms with Gasteiger partial charge in [-0.25, -0.2) is 0 Å². The summed E-state index contributed by atoms with van der Waals surface area (Å²) >= 11 is 3.45. The molecule has 0 amide bonds. The van der Waals surface area contributed by atoms with Crippen LogP contribution in [0.25, 0.3) is 0 Å². The lowest BCUT2D eigenvalue weighted by atomic mass is 10.1. The largest absolute Gasteiger partial charge is 0.367 e. The number of non-ortho nitro benzene ring substituents is 1. The maximum atomic E-state index is 10.9. The minimum atomic E-state index is -0.336. The van der Waals surface area contributed by atoms with E-state index in [1.165, 1.54) is 12.8 Å². The van der Waals surface area contributed by atoms with Crippen LogP contribution >= 0.6 is 15.9 Å². The third-order valence-electron chi connectivity index (χ3n) is 3.68. The van der Waals surface area contributed by atoms with Crippen molar-refractivity contribution in [2.75, 3.05) is 32.1 Å². The summed E-state index contributed by atoms with van der Waals surface area (Å²) in [5.74, 6) is 0. The van der Waals surface area contributed by atoms with Crippen LogP contribution in [0.3, 0.4) is 0 Å². The highest BCUT2D eigenvalue weighted by molar-refractivity contribution is 9.08. The van der Waals surface area contributed by atoms with E-state index in [-0.39, 0.29) is 10.6 Å². The first-order valence-corrected chi connectivity index (χ1v) is 7.89. The first-order chi connectivity index (χ1) is 9.52. The molecule has 2 rings (SSSR count). The second-order valence-electron chi connectivity index (χ2n) is 5.46. The van der Waals surface area contributed by atoms with Gasteiger partial charge in [-0.1, -0.05) is 15.9 Å². The summed E-state index contributed by atoms with van der Waals surface area (Å²) in [6.45, 7) is 2.04. The van der Waals surface area contributed by atoms with Crippen molar-refractivity contribution < 1.29 is 4.92 Å². The van der Waals surface area contributed by atoms with Gasteiger partial charge in [-0.05, 0) is 38.6 Å². The summed E-state index contributed by atoms with van der Waals surface area (Å²) < 4.78 is 0. The molecular formula is C14H20BrN3O2. The Morgan fingerprint density at radius 2 is 2.25 bits per heavy atom. The van der Waals surface area contributed by atoms with Crippen molar-refractivity contribution in [1.29, 1.82) is 0 Å². The van der Waals surface area contributed by atoms with Crippen LogP contribution in [0.15, 0.2) is 18.2 Å². The van der Waals surface area contributed by atoms with E-state index in [4.69, 9.17) is 0 Å². The highest BCUT2D eigenvalue weighted by Gasteiger charge is 2.27. The minimum absolute atomic E-state index is 0.159. The van der Waals surface area contributed by atoms with Crippen LogP contribution in [0, 0.1) is 10.1 Å². The molecule has 1 heterocycles. The van der Waals surface area contributed by atoms with E-state index < -0.39 is 0 Å². The SMILES string of the molecule is CN(C)CC1CCCN1c1ccc([N+](=O)[O-])cc1CBr. The number of nitro benzene ring substituents is 1. The number of nitro groups is 1. The van der Waals surface area contributed by atoms with Gasteiger partial charge in [0.2, 0.25) is 0 Å². The molecule has 5 nitrogen and oxygen atoms in total. The molecule has 1 fully saturated rings. The van der Waals surface area contributed by atoms with Crippen molar-refractivity contribution in [3.05, 3.63) is 33.9 Å². The Labute approximate surface area is 127 Å². The Bertz CT molecular complexity index is 493. The lowest BCUT2D eigenvalue weighted by Gasteiger charge is -2.30. The van der Waals surface area contributed by atoms with Crippen molar-refractivity contribution in [2.45, 2.75) is 24.2 Å². The van der Waals surface area contributed by atoms with E-state index in [0.29, 0.717) is 11.4 Å². The van der Waals surface area contributed by atoms with Gasteiger partial charge < -0.3 is 9.80 Å². The van der Waals surface area contributed by atoms with Crippen LogP contribution in [-0.2, 0) is 5.33 Å². The zero-order valence-electron chi connectivity index (χ0n) is 11.9. The molecule has 0 N–H and O–H groups in total. The molecule has 20 heavy (non-hydrogen) atoms. The smallest absolute Gasteiger partial charge is 0.269 e. The number of hydrogen-bond acceptors (Lipinski definition) is 4. The van der Waals surface area contributed by atoms with Gasteiger partial charge in [0, 0.05) is 42.3 Å². The predicted octanol–water partition coefficient (Wildman–Crippen LogP) is 3.02. The molecule has 6 heteroatoms. The summed E-state index contributed by atoms with van der Waals surface area (Å²) in [6, 6.07) is 5.66. The van der Waals surface area contributed by atoms with Crippen LogP contribution < -0.4 is 4.90 Å². The second-order valence-corrected chi connectivity index (χ2v) is 6.02. The van der Waals surface area contributed by atoms with Crippen LogP contribution in [0.4, 0.5) is 11.4 Å². The summed E-state index contributed by atoms with van der Waals surface area (Å²) in [7, 11) is 4.16. The molecule has 0 bridgehead atoms. The minimum Gasteiger partial charge on any atom is -0.367 e. The Kier molecular flexibility index (Phi) is 4.99. The van der Waals surface area contributed by atoms with E-state index in [0.717, 1.165) is 24.3 Å². The quantitative estimate of drug-likeness (QED) is 0.469. The molecule has 0 aliphatic carbocycles. The van der Waals surface area contributed by atoms with Crippen molar-refractivity contribution in [3.63, 3.8) is 0 Å². The van der Waals surface area contributed by atoms with Gasteiger partial charge in [0.1, 0.15) is 0 Å². The van der Waals surface area contributed by atoms with E-state index in [1.54, 1.807) is 12.1 Å². The summed E-state index contributed by atoms with van der Waals surface area (Å²) in [5.41, 5.74) is 2.27. The van der Waals surface area contributed by atoms with E-state index >= 15 is 0 Å². The maximum absolute atomic E-state index is 10.9. The standard InChI is InChI=1S/C14H20BrN3O2/c1-16(2)10-13-4-3-7-17(13)14-6-5-12(18(19)20)8-11(14)9-15/h5-6,8,13H,3-4,7,9-10H2,1-2H3. The maximum Gasteiger partial charge on any atom is 0.269 e. The highest BCUT2D eigenvalue weighted by Crippen LogP contribution is 2.32.